The highest BCUT2D eigenvalue weighted by atomic mass is 16.2. The summed E-state index contributed by atoms with van der Waals surface area (Å²) in [6.45, 7) is 0.301. The first-order chi connectivity index (χ1) is 9.99. The quantitative estimate of drug-likeness (QED) is 0.750. The summed E-state index contributed by atoms with van der Waals surface area (Å²) >= 11 is 0. The van der Waals surface area contributed by atoms with Gasteiger partial charge in [-0.2, -0.15) is 0 Å². The number of rotatable bonds is 6. The van der Waals surface area contributed by atoms with Crippen molar-refractivity contribution in [3.8, 4) is 0 Å². The smallest absolute Gasteiger partial charge is 0.285 e. The standard InChI is InChI=1S/C16H23N3O2/c1-18(2)16(21)15(12-7-5-4-6-8-12)19(3)11-14(20)17-13-9-10-13/h4-8,13,15H,9-11H2,1-3H3,(H,17,20)/p+1/t15-/m0/s1. The summed E-state index contributed by atoms with van der Waals surface area (Å²) in [4.78, 5) is 26.9. The molecular weight excluding hydrogens is 266 g/mol. The average molecular weight is 290 g/mol. The Bertz CT molecular complexity index is 498. The number of hydrogen-bond donors (Lipinski definition) is 2. The van der Waals surface area contributed by atoms with Gasteiger partial charge in [-0.05, 0) is 12.8 Å². The molecule has 1 saturated carbocycles. The fraction of sp³-hybridized carbons (Fsp3) is 0.500. The molecule has 21 heavy (non-hydrogen) atoms. The van der Waals surface area contributed by atoms with E-state index in [1.54, 1.807) is 19.0 Å². The topological polar surface area (TPSA) is 53.9 Å². The Kier molecular flexibility index (Phi) is 4.96. The van der Waals surface area contributed by atoms with Gasteiger partial charge >= 0.3 is 0 Å². The van der Waals surface area contributed by atoms with Crippen LogP contribution in [0.5, 0.6) is 0 Å². The molecule has 1 aromatic rings. The SMILES string of the molecule is CN(C)C(=O)[C@H](c1ccccc1)[NH+](C)CC(=O)NC1CC1. The second kappa shape index (κ2) is 6.72. The van der Waals surface area contributed by atoms with E-state index in [9.17, 15) is 9.59 Å². The van der Waals surface area contributed by atoms with Crippen molar-refractivity contribution in [1.29, 1.82) is 0 Å². The average Bonchev–Trinajstić information content (AvgIpc) is 3.23. The third-order valence-electron chi connectivity index (χ3n) is 3.70. The molecular formula is C16H24N3O2+. The van der Waals surface area contributed by atoms with Crippen LogP contribution in [0.2, 0.25) is 0 Å². The molecule has 1 aliphatic carbocycles. The number of nitrogens with zero attached hydrogens (tertiary/aromatic N) is 1. The summed E-state index contributed by atoms with van der Waals surface area (Å²) in [5.41, 5.74) is 0.938. The fourth-order valence-electron chi connectivity index (χ4n) is 2.40. The van der Waals surface area contributed by atoms with Gasteiger partial charge in [-0.25, -0.2) is 0 Å². The molecule has 0 radical (unpaired) electrons. The zero-order chi connectivity index (χ0) is 15.4. The lowest BCUT2D eigenvalue weighted by atomic mass is 10.0. The molecule has 0 aliphatic heterocycles. The van der Waals surface area contributed by atoms with E-state index >= 15 is 0 Å². The second-order valence-corrected chi connectivity index (χ2v) is 5.94. The monoisotopic (exact) mass is 290 g/mol. The van der Waals surface area contributed by atoms with Crippen molar-refractivity contribution < 1.29 is 14.5 Å². The molecule has 2 amide bonds. The van der Waals surface area contributed by atoms with Crippen molar-refractivity contribution in [2.75, 3.05) is 27.7 Å². The van der Waals surface area contributed by atoms with Crippen LogP contribution in [0.15, 0.2) is 30.3 Å². The highest BCUT2D eigenvalue weighted by Crippen LogP contribution is 2.18. The van der Waals surface area contributed by atoms with Gasteiger partial charge in [0.2, 0.25) is 0 Å². The van der Waals surface area contributed by atoms with Gasteiger partial charge in [0.05, 0.1) is 7.05 Å². The Labute approximate surface area is 125 Å². The minimum absolute atomic E-state index is 0.0120. The normalized spacial score (nSPS) is 16.9. The van der Waals surface area contributed by atoms with E-state index in [0.29, 0.717) is 12.6 Å². The van der Waals surface area contributed by atoms with Gasteiger partial charge in [0.1, 0.15) is 0 Å². The lowest BCUT2D eigenvalue weighted by Gasteiger charge is -2.26. The molecule has 114 valence electrons. The van der Waals surface area contributed by atoms with Crippen LogP contribution < -0.4 is 10.2 Å². The van der Waals surface area contributed by atoms with Crippen molar-refractivity contribution in [3.05, 3.63) is 35.9 Å². The largest absolute Gasteiger partial charge is 0.348 e. The number of carbonyl (C=O) groups excluding carboxylic acids is 2. The molecule has 0 bridgehead atoms. The Morgan fingerprint density at radius 3 is 2.43 bits per heavy atom. The van der Waals surface area contributed by atoms with Gasteiger partial charge in [-0.1, -0.05) is 30.3 Å². The molecule has 1 unspecified atom stereocenters. The van der Waals surface area contributed by atoms with Crippen LogP contribution in [0.3, 0.4) is 0 Å². The molecule has 0 saturated heterocycles. The van der Waals surface area contributed by atoms with Crippen molar-refractivity contribution in [2.24, 2.45) is 0 Å². The molecule has 5 nitrogen and oxygen atoms in total. The summed E-state index contributed by atoms with van der Waals surface area (Å²) in [5, 5.41) is 2.97. The third-order valence-corrected chi connectivity index (χ3v) is 3.70. The van der Waals surface area contributed by atoms with Crippen LogP contribution in [0, 0.1) is 0 Å². The molecule has 0 spiro atoms. The van der Waals surface area contributed by atoms with Crippen LogP contribution >= 0.6 is 0 Å². The number of amides is 2. The van der Waals surface area contributed by atoms with Crippen LogP contribution in [-0.4, -0.2) is 50.4 Å². The maximum atomic E-state index is 12.5. The maximum absolute atomic E-state index is 12.5. The van der Waals surface area contributed by atoms with Crippen molar-refractivity contribution in [3.63, 3.8) is 0 Å². The molecule has 0 aromatic heterocycles. The second-order valence-electron chi connectivity index (χ2n) is 5.94. The lowest BCUT2D eigenvalue weighted by molar-refractivity contribution is -0.894. The first-order valence-corrected chi connectivity index (χ1v) is 7.37. The van der Waals surface area contributed by atoms with E-state index < -0.39 is 0 Å². The van der Waals surface area contributed by atoms with Crippen LogP contribution in [-0.2, 0) is 9.59 Å². The summed E-state index contributed by atoms with van der Waals surface area (Å²) in [7, 11) is 5.39. The minimum Gasteiger partial charge on any atom is -0.348 e. The van der Waals surface area contributed by atoms with Crippen molar-refractivity contribution >= 4 is 11.8 Å². The van der Waals surface area contributed by atoms with Gasteiger partial charge in [0, 0.05) is 25.7 Å². The van der Waals surface area contributed by atoms with E-state index in [-0.39, 0.29) is 17.9 Å². The first-order valence-electron chi connectivity index (χ1n) is 7.37. The molecule has 1 fully saturated rings. The van der Waals surface area contributed by atoms with Crippen LogP contribution in [0.1, 0.15) is 24.4 Å². The molecule has 1 aromatic carbocycles. The Hall–Kier alpha value is -1.88. The fourth-order valence-corrected chi connectivity index (χ4v) is 2.40. The maximum Gasteiger partial charge on any atom is 0.285 e. The predicted molar refractivity (Wildman–Crippen MR) is 80.8 cm³/mol. The van der Waals surface area contributed by atoms with E-state index in [1.165, 1.54) is 0 Å². The Balaban J connectivity index is 2.10. The molecule has 2 rings (SSSR count). The lowest BCUT2D eigenvalue weighted by Crippen LogP contribution is -3.11. The zero-order valence-corrected chi connectivity index (χ0v) is 12.9. The van der Waals surface area contributed by atoms with Crippen LogP contribution in [0.25, 0.3) is 0 Å². The third kappa shape index (κ3) is 4.29. The van der Waals surface area contributed by atoms with Crippen molar-refractivity contribution in [1.82, 2.24) is 10.2 Å². The first kappa shape index (κ1) is 15.5. The Morgan fingerprint density at radius 1 is 1.29 bits per heavy atom. The molecule has 5 heteroatoms. The number of hydrogen-bond acceptors (Lipinski definition) is 2. The van der Waals surface area contributed by atoms with Gasteiger partial charge < -0.3 is 15.1 Å². The predicted octanol–water partition coefficient (Wildman–Crippen LogP) is -0.391. The number of nitrogens with one attached hydrogen (secondary N) is 2. The molecule has 2 N–H and O–H groups in total. The highest BCUT2D eigenvalue weighted by molar-refractivity contribution is 5.82. The number of benzene rings is 1. The van der Waals surface area contributed by atoms with E-state index in [4.69, 9.17) is 0 Å². The summed E-state index contributed by atoms with van der Waals surface area (Å²) in [6, 6.07) is 9.64. The zero-order valence-electron chi connectivity index (χ0n) is 12.9. The summed E-state index contributed by atoms with van der Waals surface area (Å²) < 4.78 is 0. The number of quaternary nitrogens is 1. The van der Waals surface area contributed by atoms with E-state index in [1.807, 2.05) is 37.4 Å². The van der Waals surface area contributed by atoms with Crippen molar-refractivity contribution in [2.45, 2.75) is 24.9 Å². The van der Waals surface area contributed by atoms with E-state index in [2.05, 4.69) is 5.32 Å². The van der Waals surface area contributed by atoms with Gasteiger partial charge in [-0.3, -0.25) is 9.59 Å². The van der Waals surface area contributed by atoms with Crippen LogP contribution in [0.4, 0.5) is 0 Å². The number of carbonyl (C=O) groups is 2. The summed E-state index contributed by atoms with van der Waals surface area (Å²) in [6.07, 6.45) is 2.15. The number of likely N-dealkylation sites (N-methyl/N-ethyl adjacent to an activating group) is 2. The van der Waals surface area contributed by atoms with Gasteiger partial charge in [0.25, 0.3) is 11.8 Å². The van der Waals surface area contributed by atoms with E-state index in [0.717, 1.165) is 23.3 Å². The minimum atomic E-state index is -0.355. The Morgan fingerprint density at radius 2 is 1.90 bits per heavy atom. The molecule has 1 aliphatic rings. The van der Waals surface area contributed by atoms with Gasteiger partial charge in [-0.15, -0.1) is 0 Å². The van der Waals surface area contributed by atoms with Gasteiger partial charge in [0.15, 0.2) is 12.6 Å². The highest BCUT2D eigenvalue weighted by Gasteiger charge is 2.32. The summed E-state index contributed by atoms with van der Waals surface area (Å²) in [5.74, 6) is 0.0282. The molecule has 0 heterocycles. The molecule has 2 atom stereocenters.